The number of hydrogen-bond acceptors (Lipinski definition) is 7. The van der Waals surface area contributed by atoms with Crippen LogP contribution in [-0.2, 0) is 4.79 Å². The third kappa shape index (κ3) is 4.98. The van der Waals surface area contributed by atoms with Crippen LogP contribution in [0, 0.1) is 6.92 Å². The van der Waals surface area contributed by atoms with Crippen LogP contribution >= 0.6 is 11.6 Å². The second-order valence-electron chi connectivity index (χ2n) is 11.0. The zero-order valence-corrected chi connectivity index (χ0v) is 25.0. The predicted molar refractivity (Wildman–Crippen MR) is 166 cm³/mol. The average Bonchev–Trinajstić information content (AvgIpc) is 2.96. The fraction of sp³-hybridized carbons (Fsp3) is 0.312. The van der Waals surface area contributed by atoms with E-state index in [2.05, 4.69) is 16.5 Å². The molecule has 216 valence electrons. The minimum atomic E-state index is -0.874. The molecule has 3 aromatic heterocycles. The van der Waals surface area contributed by atoms with Crippen LogP contribution < -0.4 is 10.6 Å². The van der Waals surface area contributed by atoms with Gasteiger partial charge in [-0.05, 0) is 50.5 Å². The third-order valence-corrected chi connectivity index (χ3v) is 7.96. The monoisotopic (exact) mass is 587 g/mol. The molecule has 0 spiro atoms. The quantitative estimate of drug-likeness (QED) is 0.170. The Morgan fingerprint density at radius 1 is 1.19 bits per heavy atom. The van der Waals surface area contributed by atoms with E-state index < -0.39 is 12.0 Å². The lowest BCUT2D eigenvalue weighted by Gasteiger charge is -2.45. The van der Waals surface area contributed by atoms with Crippen molar-refractivity contribution in [3.63, 3.8) is 0 Å². The second kappa shape index (κ2) is 11.5. The summed E-state index contributed by atoms with van der Waals surface area (Å²) < 4.78 is 9.27. The van der Waals surface area contributed by atoms with E-state index in [1.807, 2.05) is 45.6 Å². The Kier molecular flexibility index (Phi) is 7.60. The van der Waals surface area contributed by atoms with Gasteiger partial charge in [-0.3, -0.25) is 14.6 Å². The summed E-state index contributed by atoms with van der Waals surface area (Å²) in [5, 5.41) is 0.769. The number of amides is 1. The SMILES string of the molecule is [2H]C(=O)c1ccccc1-c1nc2c(cc1Cl)c(N1[C@@H](C)CN(C(=[18O])C=C)C[C@@H]1C)nc(=O)n2-c1c(C)ccnc1C(C)C. The van der Waals surface area contributed by atoms with Crippen molar-refractivity contribution in [2.75, 3.05) is 18.0 Å². The number of carbonyl (C=O) groups excluding carboxylic acids is 2. The minimum absolute atomic E-state index is 0.0134. The zero-order chi connectivity index (χ0) is 31.2. The number of fused-ring (bicyclic) bond motifs is 1. The van der Waals surface area contributed by atoms with Gasteiger partial charge in [-0.25, -0.2) is 14.3 Å². The molecular weight excluding hydrogens is 554 g/mol. The van der Waals surface area contributed by atoms with E-state index in [1.54, 1.807) is 41.4 Å². The standard InChI is InChI=1S/C32H33ClN6O3/c1-7-26(41)37-15-20(5)38(21(6)16-37)31-24-14-25(33)28(23-11-9-8-10-22(23)17-40)35-30(24)39(32(42)36-31)29-19(4)12-13-34-27(29)18(2)3/h7-14,17-18,20-21H,1,15-16H2,2-6H3/t20-,21-/m0/s1/i17D,41+2. The first-order valence-corrected chi connectivity index (χ1v) is 14.2. The molecule has 5 rings (SSSR count). The molecule has 0 bridgehead atoms. The molecule has 1 aliphatic rings. The largest absolute Gasteiger partial charge is 0.355 e. The van der Waals surface area contributed by atoms with Crippen molar-refractivity contribution >= 4 is 40.6 Å². The normalized spacial score (nSPS) is 17.5. The van der Waals surface area contributed by atoms with Gasteiger partial charge in [0.2, 0.25) is 5.91 Å². The van der Waals surface area contributed by atoms with Crippen LogP contribution in [0.2, 0.25) is 5.02 Å². The Labute approximate surface area is 250 Å². The van der Waals surface area contributed by atoms with Crippen molar-refractivity contribution in [1.82, 2.24) is 24.4 Å². The molecule has 4 aromatic rings. The number of aryl methyl sites for hydroxylation is 1. The number of aldehydes is 1. The summed E-state index contributed by atoms with van der Waals surface area (Å²) in [5.41, 5.74) is 2.65. The number of halogens is 1. The fourth-order valence-corrected chi connectivity index (χ4v) is 6.06. The van der Waals surface area contributed by atoms with Gasteiger partial charge in [0.15, 0.2) is 11.9 Å². The summed E-state index contributed by atoms with van der Waals surface area (Å²) in [4.78, 5) is 56.7. The molecule has 1 amide bonds. The van der Waals surface area contributed by atoms with Gasteiger partial charge in [-0.1, -0.05) is 56.3 Å². The van der Waals surface area contributed by atoms with Gasteiger partial charge >= 0.3 is 5.69 Å². The summed E-state index contributed by atoms with van der Waals surface area (Å²) in [6.45, 7) is 14.3. The van der Waals surface area contributed by atoms with Gasteiger partial charge in [0.05, 0.1) is 27.5 Å². The Morgan fingerprint density at radius 3 is 2.52 bits per heavy atom. The predicted octanol–water partition coefficient (Wildman–Crippen LogP) is 5.35. The highest BCUT2D eigenvalue weighted by Gasteiger charge is 2.34. The van der Waals surface area contributed by atoms with Gasteiger partial charge in [0.25, 0.3) is 0 Å². The molecule has 0 unspecified atom stereocenters. The van der Waals surface area contributed by atoms with Crippen molar-refractivity contribution in [3.05, 3.63) is 87.6 Å². The molecule has 0 aliphatic carbocycles. The smallest absolute Gasteiger partial charge is 0.347 e. The van der Waals surface area contributed by atoms with Crippen molar-refractivity contribution in [1.29, 1.82) is 0 Å². The van der Waals surface area contributed by atoms with Gasteiger partial charge in [-0.2, -0.15) is 4.98 Å². The molecule has 1 aliphatic heterocycles. The van der Waals surface area contributed by atoms with E-state index in [9.17, 15) is 14.4 Å². The molecule has 2 atom stereocenters. The number of benzene rings is 1. The average molecular weight is 588 g/mol. The molecule has 0 radical (unpaired) electrons. The van der Waals surface area contributed by atoms with Crippen molar-refractivity contribution in [3.8, 4) is 16.9 Å². The minimum Gasteiger partial charge on any atom is -0.347 e. The molecule has 10 heteroatoms. The highest BCUT2D eigenvalue weighted by atomic mass is 35.5. The van der Waals surface area contributed by atoms with Crippen molar-refractivity contribution < 1.29 is 11.0 Å². The van der Waals surface area contributed by atoms with Gasteiger partial charge < -0.3 is 9.80 Å². The maximum absolute atomic E-state index is 14.1. The second-order valence-corrected chi connectivity index (χ2v) is 11.4. The lowest BCUT2D eigenvalue weighted by atomic mass is 10.0. The van der Waals surface area contributed by atoms with E-state index >= 15 is 0 Å². The van der Waals surface area contributed by atoms with E-state index in [-0.39, 0.29) is 40.2 Å². The van der Waals surface area contributed by atoms with E-state index in [1.165, 1.54) is 10.6 Å². The molecular formula is C32H33ClN6O3. The fourth-order valence-electron chi connectivity index (χ4n) is 5.81. The summed E-state index contributed by atoms with van der Waals surface area (Å²) in [5.74, 6) is 0.234. The Bertz CT molecular complexity index is 1830. The molecule has 1 saturated heterocycles. The van der Waals surface area contributed by atoms with Crippen LogP contribution in [-0.4, -0.2) is 61.8 Å². The molecule has 1 fully saturated rings. The molecule has 0 N–H and O–H groups in total. The van der Waals surface area contributed by atoms with Crippen LogP contribution in [0.15, 0.2) is 60.0 Å². The number of hydrogen-bond donors (Lipinski definition) is 0. The number of pyridine rings is 2. The van der Waals surface area contributed by atoms with Gasteiger partial charge in [-0.15, -0.1) is 0 Å². The highest BCUT2D eigenvalue weighted by molar-refractivity contribution is 6.34. The summed E-state index contributed by atoms with van der Waals surface area (Å²) in [7, 11) is 0. The third-order valence-electron chi connectivity index (χ3n) is 7.67. The summed E-state index contributed by atoms with van der Waals surface area (Å²) in [6.07, 6.45) is 2.14. The topological polar surface area (TPSA) is 101 Å². The first-order chi connectivity index (χ1) is 20.4. The number of piperazine rings is 1. The maximum Gasteiger partial charge on any atom is 0.355 e. The Balaban J connectivity index is 1.86. The number of anilines is 1. The number of aromatic nitrogens is 4. The first kappa shape index (κ1) is 27.8. The molecule has 1 aromatic carbocycles. The Morgan fingerprint density at radius 2 is 1.88 bits per heavy atom. The van der Waals surface area contributed by atoms with Crippen LogP contribution in [0.25, 0.3) is 28.0 Å². The van der Waals surface area contributed by atoms with Crippen molar-refractivity contribution in [2.45, 2.75) is 52.6 Å². The van der Waals surface area contributed by atoms with Gasteiger partial charge in [0.1, 0.15) is 7.19 Å². The van der Waals surface area contributed by atoms with Crippen LogP contribution in [0.4, 0.5) is 5.82 Å². The molecule has 4 heterocycles. The highest BCUT2D eigenvalue weighted by Crippen LogP contribution is 2.37. The summed E-state index contributed by atoms with van der Waals surface area (Å²) >= 11 is 6.89. The van der Waals surface area contributed by atoms with Crippen LogP contribution in [0.1, 0.15) is 56.6 Å². The maximum atomic E-state index is 14.1. The molecule has 42 heavy (non-hydrogen) atoms. The molecule has 9 nitrogen and oxygen atoms in total. The Hall–Kier alpha value is -4.37. The lowest BCUT2D eigenvalue weighted by molar-refractivity contribution is -0.127. The first-order valence-electron chi connectivity index (χ1n) is 14.3. The van der Waals surface area contributed by atoms with E-state index in [0.717, 1.165) is 5.56 Å². The van der Waals surface area contributed by atoms with Crippen LogP contribution in [0.5, 0.6) is 0 Å². The summed E-state index contributed by atoms with van der Waals surface area (Å²) in [6, 6.07) is 9.81. The van der Waals surface area contributed by atoms with E-state index in [4.69, 9.17) is 18.0 Å². The molecule has 0 saturated carbocycles. The van der Waals surface area contributed by atoms with Crippen molar-refractivity contribution in [2.24, 2.45) is 0 Å². The van der Waals surface area contributed by atoms with Crippen LogP contribution in [0.3, 0.4) is 0 Å². The van der Waals surface area contributed by atoms with Gasteiger partial charge in [0, 0.05) is 42.5 Å². The van der Waals surface area contributed by atoms with E-state index in [0.29, 0.717) is 46.9 Å². The number of nitrogens with zero attached hydrogens (tertiary/aromatic N) is 6. The lowest BCUT2D eigenvalue weighted by Crippen LogP contribution is -2.58. The zero-order valence-electron chi connectivity index (χ0n) is 25.3. The number of rotatable bonds is 6. The number of carbonyl (C=O) groups is 2.